The van der Waals surface area contributed by atoms with Gasteiger partial charge in [-0.2, -0.15) is 0 Å². The number of anilines is 1. The Hall–Kier alpha value is -1.99. The highest BCUT2D eigenvalue weighted by Crippen LogP contribution is 2.32. The molecule has 1 aromatic rings. The molecule has 2 amide bonds. The Kier molecular flexibility index (Phi) is 5.99. The minimum absolute atomic E-state index is 0.0214. The Labute approximate surface area is 160 Å². The van der Waals surface area contributed by atoms with Crippen LogP contribution in [0.15, 0.2) is 18.2 Å². The van der Waals surface area contributed by atoms with Crippen molar-refractivity contribution in [2.75, 3.05) is 57.9 Å². The average molecular weight is 375 g/mol. The van der Waals surface area contributed by atoms with Crippen molar-refractivity contribution < 1.29 is 19.0 Å². The molecule has 148 valence electrons. The van der Waals surface area contributed by atoms with Crippen LogP contribution >= 0.6 is 0 Å². The van der Waals surface area contributed by atoms with Crippen LogP contribution in [0.5, 0.6) is 11.5 Å². The molecule has 1 N–H and O–H groups in total. The molecule has 3 heterocycles. The van der Waals surface area contributed by atoms with Gasteiger partial charge in [0, 0.05) is 44.0 Å². The van der Waals surface area contributed by atoms with Crippen molar-refractivity contribution >= 4 is 11.7 Å². The van der Waals surface area contributed by atoms with Gasteiger partial charge >= 0.3 is 6.03 Å². The van der Waals surface area contributed by atoms with Gasteiger partial charge in [0.15, 0.2) is 11.5 Å². The van der Waals surface area contributed by atoms with E-state index in [0.717, 1.165) is 63.7 Å². The topological polar surface area (TPSA) is 63.3 Å². The van der Waals surface area contributed by atoms with E-state index in [1.54, 1.807) is 0 Å². The molecule has 2 saturated heterocycles. The van der Waals surface area contributed by atoms with Crippen molar-refractivity contribution in [1.82, 2.24) is 9.80 Å². The molecular formula is C20H29N3O4. The lowest BCUT2D eigenvalue weighted by Gasteiger charge is -2.36. The molecule has 0 aliphatic carbocycles. The second-order valence-electron chi connectivity index (χ2n) is 7.40. The van der Waals surface area contributed by atoms with Crippen LogP contribution in [0.3, 0.4) is 0 Å². The first-order chi connectivity index (χ1) is 13.3. The predicted molar refractivity (Wildman–Crippen MR) is 103 cm³/mol. The molecule has 0 radical (unpaired) electrons. The summed E-state index contributed by atoms with van der Waals surface area (Å²) in [7, 11) is 0. The van der Waals surface area contributed by atoms with Gasteiger partial charge in [0.2, 0.25) is 0 Å². The molecule has 1 unspecified atom stereocenters. The molecule has 0 aromatic heterocycles. The summed E-state index contributed by atoms with van der Waals surface area (Å²) >= 11 is 0. The fraction of sp³-hybridized carbons (Fsp3) is 0.650. The normalized spacial score (nSPS) is 23.6. The summed E-state index contributed by atoms with van der Waals surface area (Å²) in [6, 6.07) is 5.81. The molecule has 7 nitrogen and oxygen atoms in total. The Balaban J connectivity index is 1.42. The summed E-state index contributed by atoms with van der Waals surface area (Å²) in [6.45, 7) is 6.33. The smallest absolute Gasteiger partial charge is 0.322 e. The van der Waals surface area contributed by atoms with Crippen LogP contribution in [0, 0.1) is 0 Å². The van der Waals surface area contributed by atoms with Crippen molar-refractivity contribution in [3.05, 3.63) is 18.2 Å². The minimum Gasteiger partial charge on any atom is -0.486 e. The third-order valence-electron chi connectivity index (χ3n) is 5.50. The molecule has 2 fully saturated rings. The monoisotopic (exact) mass is 375 g/mol. The number of hydrogen-bond donors (Lipinski definition) is 1. The number of amides is 2. The number of nitrogens with one attached hydrogen (secondary N) is 1. The molecular weight excluding hydrogens is 346 g/mol. The van der Waals surface area contributed by atoms with E-state index in [-0.39, 0.29) is 12.1 Å². The summed E-state index contributed by atoms with van der Waals surface area (Å²) in [4.78, 5) is 17.5. The lowest BCUT2D eigenvalue weighted by molar-refractivity contribution is 0.0266. The Bertz CT molecular complexity index is 648. The van der Waals surface area contributed by atoms with E-state index in [0.29, 0.717) is 19.0 Å². The Morgan fingerprint density at radius 1 is 1.00 bits per heavy atom. The summed E-state index contributed by atoms with van der Waals surface area (Å²) < 4.78 is 16.6. The molecule has 1 aromatic carbocycles. The average Bonchev–Trinajstić information content (AvgIpc) is 2.94. The van der Waals surface area contributed by atoms with E-state index in [4.69, 9.17) is 14.2 Å². The van der Waals surface area contributed by atoms with Gasteiger partial charge in [-0.05, 0) is 25.0 Å². The Morgan fingerprint density at radius 3 is 2.67 bits per heavy atom. The van der Waals surface area contributed by atoms with Gasteiger partial charge in [-0.25, -0.2) is 4.79 Å². The first kappa shape index (κ1) is 18.4. The van der Waals surface area contributed by atoms with Gasteiger partial charge in [0.25, 0.3) is 0 Å². The standard InChI is InChI=1S/C20H29N3O4/c24-20(21-16-5-6-18-19(14-16)27-13-12-26-18)23-7-3-1-2-4-17(23)15-22-8-10-25-11-9-22/h5-6,14,17H,1-4,7-13,15H2,(H,21,24). The molecule has 3 aliphatic heterocycles. The largest absolute Gasteiger partial charge is 0.486 e. The van der Waals surface area contributed by atoms with Gasteiger partial charge in [-0.3, -0.25) is 4.90 Å². The number of morpholine rings is 1. The molecule has 4 rings (SSSR count). The van der Waals surface area contributed by atoms with Crippen LogP contribution in [-0.4, -0.2) is 74.5 Å². The zero-order valence-electron chi connectivity index (χ0n) is 15.8. The molecule has 0 saturated carbocycles. The van der Waals surface area contributed by atoms with Gasteiger partial charge in [-0.15, -0.1) is 0 Å². The summed E-state index contributed by atoms with van der Waals surface area (Å²) in [6.07, 6.45) is 4.50. The number of fused-ring (bicyclic) bond motifs is 1. The van der Waals surface area contributed by atoms with Crippen molar-refractivity contribution in [1.29, 1.82) is 0 Å². The summed E-state index contributed by atoms with van der Waals surface area (Å²) in [5, 5.41) is 3.06. The van der Waals surface area contributed by atoms with Crippen LogP contribution in [0.2, 0.25) is 0 Å². The SMILES string of the molecule is O=C(Nc1ccc2c(c1)OCCO2)N1CCCCCC1CN1CCOCC1. The number of carbonyl (C=O) groups is 1. The number of nitrogens with zero attached hydrogens (tertiary/aromatic N) is 2. The Morgan fingerprint density at radius 2 is 1.81 bits per heavy atom. The molecule has 3 aliphatic rings. The van der Waals surface area contributed by atoms with Crippen LogP contribution in [0.4, 0.5) is 10.5 Å². The van der Waals surface area contributed by atoms with Crippen LogP contribution in [-0.2, 0) is 4.74 Å². The molecule has 0 bridgehead atoms. The molecule has 27 heavy (non-hydrogen) atoms. The second-order valence-corrected chi connectivity index (χ2v) is 7.40. The third-order valence-corrected chi connectivity index (χ3v) is 5.50. The van der Waals surface area contributed by atoms with E-state index >= 15 is 0 Å². The fourth-order valence-electron chi connectivity index (χ4n) is 4.03. The number of ether oxygens (including phenoxy) is 3. The number of urea groups is 1. The highest BCUT2D eigenvalue weighted by atomic mass is 16.6. The van der Waals surface area contributed by atoms with Gasteiger partial charge in [-0.1, -0.05) is 12.8 Å². The maximum Gasteiger partial charge on any atom is 0.322 e. The molecule has 1 atom stereocenters. The van der Waals surface area contributed by atoms with Crippen LogP contribution < -0.4 is 14.8 Å². The molecule has 0 spiro atoms. The van der Waals surface area contributed by atoms with Crippen molar-refractivity contribution in [2.24, 2.45) is 0 Å². The van der Waals surface area contributed by atoms with Crippen molar-refractivity contribution in [3.8, 4) is 11.5 Å². The lowest BCUT2D eigenvalue weighted by Crippen LogP contribution is -2.50. The zero-order chi connectivity index (χ0) is 18.5. The number of hydrogen-bond acceptors (Lipinski definition) is 5. The van der Waals surface area contributed by atoms with Crippen LogP contribution in [0.1, 0.15) is 25.7 Å². The summed E-state index contributed by atoms with van der Waals surface area (Å²) in [5.74, 6) is 1.43. The van der Waals surface area contributed by atoms with Gasteiger partial charge in [0.1, 0.15) is 13.2 Å². The van der Waals surface area contributed by atoms with E-state index in [9.17, 15) is 4.79 Å². The first-order valence-electron chi connectivity index (χ1n) is 10.1. The zero-order valence-corrected chi connectivity index (χ0v) is 15.8. The first-order valence-corrected chi connectivity index (χ1v) is 10.1. The summed E-state index contributed by atoms with van der Waals surface area (Å²) in [5.41, 5.74) is 0.749. The fourth-order valence-corrected chi connectivity index (χ4v) is 4.03. The van der Waals surface area contributed by atoms with E-state index in [2.05, 4.69) is 10.2 Å². The predicted octanol–water partition coefficient (Wildman–Crippen LogP) is 2.57. The van der Waals surface area contributed by atoms with Crippen molar-refractivity contribution in [3.63, 3.8) is 0 Å². The van der Waals surface area contributed by atoms with Crippen molar-refractivity contribution in [2.45, 2.75) is 31.7 Å². The molecule has 7 heteroatoms. The van der Waals surface area contributed by atoms with E-state index < -0.39 is 0 Å². The number of likely N-dealkylation sites (tertiary alicyclic amines) is 1. The van der Waals surface area contributed by atoms with E-state index in [1.807, 2.05) is 23.1 Å². The maximum atomic E-state index is 13.0. The second kappa shape index (κ2) is 8.80. The quantitative estimate of drug-likeness (QED) is 0.880. The highest BCUT2D eigenvalue weighted by molar-refractivity contribution is 5.90. The van der Waals surface area contributed by atoms with Crippen LogP contribution in [0.25, 0.3) is 0 Å². The maximum absolute atomic E-state index is 13.0. The van der Waals surface area contributed by atoms with Gasteiger partial charge in [0.05, 0.1) is 13.2 Å². The van der Waals surface area contributed by atoms with Gasteiger partial charge < -0.3 is 24.4 Å². The number of carbonyl (C=O) groups excluding carboxylic acids is 1. The van der Waals surface area contributed by atoms with E-state index in [1.165, 1.54) is 12.8 Å². The number of benzene rings is 1. The minimum atomic E-state index is -0.0214. The number of rotatable bonds is 3. The lowest BCUT2D eigenvalue weighted by atomic mass is 10.1. The third kappa shape index (κ3) is 4.65. The highest BCUT2D eigenvalue weighted by Gasteiger charge is 2.28.